The SMILES string of the molecule is CNc1ccc(Cl)cc1C(=O)c1ccc(C)nc1. The van der Waals surface area contributed by atoms with Gasteiger partial charge in [-0.15, -0.1) is 0 Å². The van der Waals surface area contributed by atoms with Gasteiger partial charge in [-0.25, -0.2) is 0 Å². The molecule has 0 radical (unpaired) electrons. The molecule has 0 bridgehead atoms. The lowest BCUT2D eigenvalue weighted by molar-refractivity contribution is 0.103. The molecule has 0 aliphatic heterocycles. The number of nitrogens with one attached hydrogen (secondary N) is 1. The monoisotopic (exact) mass is 260 g/mol. The minimum Gasteiger partial charge on any atom is -0.388 e. The third-order valence-electron chi connectivity index (χ3n) is 2.67. The van der Waals surface area contributed by atoms with Gasteiger partial charge in [0.05, 0.1) is 0 Å². The summed E-state index contributed by atoms with van der Waals surface area (Å²) in [5.74, 6) is -0.0886. The highest BCUT2D eigenvalue weighted by molar-refractivity contribution is 6.31. The lowest BCUT2D eigenvalue weighted by Crippen LogP contribution is -2.06. The third kappa shape index (κ3) is 2.51. The fourth-order valence-corrected chi connectivity index (χ4v) is 1.85. The first-order valence-electron chi connectivity index (χ1n) is 5.56. The second kappa shape index (κ2) is 5.19. The van der Waals surface area contributed by atoms with Crippen LogP contribution < -0.4 is 5.32 Å². The van der Waals surface area contributed by atoms with E-state index < -0.39 is 0 Å². The van der Waals surface area contributed by atoms with Gasteiger partial charge in [0.2, 0.25) is 0 Å². The molecule has 1 aromatic heterocycles. The van der Waals surface area contributed by atoms with E-state index >= 15 is 0 Å². The van der Waals surface area contributed by atoms with Crippen LogP contribution in [0.5, 0.6) is 0 Å². The highest BCUT2D eigenvalue weighted by Gasteiger charge is 2.13. The van der Waals surface area contributed by atoms with Crippen molar-refractivity contribution in [3.8, 4) is 0 Å². The van der Waals surface area contributed by atoms with Gasteiger partial charge in [-0.1, -0.05) is 11.6 Å². The average molecular weight is 261 g/mol. The fraction of sp³-hybridized carbons (Fsp3) is 0.143. The number of carbonyl (C=O) groups is 1. The van der Waals surface area contributed by atoms with Crippen LogP contribution in [-0.4, -0.2) is 17.8 Å². The minimum atomic E-state index is -0.0886. The minimum absolute atomic E-state index is 0.0886. The van der Waals surface area contributed by atoms with E-state index in [1.807, 2.05) is 13.0 Å². The summed E-state index contributed by atoms with van der Waals surface area (Å²) in [4.78, 5) is 16.5. The topological polar surface area (TPSA) is 42.0 Å². The molecule has 0 saturated heterocycles. The molecule has 0 unspecified atom stereocenters. The molecular formula is C14H13ClN2O. The van der Waals surface area contributed by atoms with Crippen LogP contribution in [0.4, 0.5) is 5.69 Å². The van der Waals surface area contributed by atoms with Crippen molar-refractivity contribution in [1.29, 1.82) is 0 Å². The predicted molar refractivity (Wildman–Crippen MR) is 73.4 cm³/mol. The number of aryl methyl sites for hydroxylation is 1. The quantitative estimate of drug-likeness (QED) is 0.861. The Hall–Kier alpha value is -1.87. The third-order valence-corrected chi connectivity index (χ3v) is 2.90. The summed E-state index contributed by atoms with van der Waals surface area (Å²) in [6.07, 6.45) is 1.58. The van der Waals surface area contributed by atoms with Gasteiger partial charge in [-0.05, 0) is 37.3 Å². The maximum Gasteiger partial charge on any atom is 0.196 e. The summed E-state index contributed by atoms with van der Waals surface area (Å²) in [6.45, 7) is 1.88. The molecule has 18 heavy (non-hydrogen) atoms. The molecule has 1 heterocycles. The van der Waals surface area contributed by atoms with E-state index in [9.17, 15) is 4.79 Å². The van der Waals surface area contributed by atoms with Crippen molar-refractivity contribution in [2.45, 2.75) is 6.92 Å². The van der Waals surface area contributed by atoms with Crippen molar-refractivity contribution in [1.82, 2.24) is 4.98 Å². The number of benzene rings is 1. The first-order valence-corrected chi connectivity index (χ1v) is 5.94. The first-order chi connectivity index (χ1) is 8.61. The zero-order chi connectivity index (χ0) is 13.1. The van der Waals surface area contributed by atoms with Gasteiger partial charge in [-0.2, -0.15) is 0 Å². The van der Waals surface area contributed by atoms with Gasteiger partial charge in [0.1, 0.15) is 0 Å². The Morgan fingerprint density at radius 2 is 2.06 bits per heavy atom. The summed E-state index contributed by atoms with van der Waals surface area (Å²) < 4.78 is 0. The second-order valence-electron chi connectivity index (χ2n) is 3.96. The van der Waals surface area contributed by atoms with Crippen LogP contribution in [-0.2, 0) is 0 Å². The number of carbonyl (C=O) groups excluding carboxylic acids is 1. The van der Waals surface area contributed by atoms with E-state index in [1.54, 1.807) is 37.5 Å². The molecule has 92 valence electrons. The summed E-state index contributed by atoms with van der Waals surface area (Å²) in [7, 11) is 1.77. The lowest BCUT2D eigenvalue weighted by Gasteiger charge is -2.08. The number of aromatic nitrogens is 1. The maximum atomic E-state index is 12.4. The molecule has 1 N–H and O–H groups in total. The van der Waals surface area contributed by atoms with Crippen molar-refractivity contribution >= 4 is 23.1 Å². The normalized spacial score (nSPS) is 10.2. The molecule has 0 aliphatic rings. The van der Waals surface area contributed by atoms with Crippen LogP contribution in [0.3, 0.4) is 0 Å². The van der Waals surface area contributed by atoms with Crippen LogP contribution in [0.25, 0.3) is 0 Å². The molecule has 0 fully saturated rings. The van der Waals surface area contributed by atoms with E-state index in [0.29, 0.717) is 16.1 Å². The Morgan fingerprint density at radius 3 is 2.67 bits per heavy atom. The molecule has 0 amide bonds. The van der Waals surface area contributed by atoms with Gasteiger partial charge >= 0.3 is 0 Å². The van der Waals surface area contributed by atoms with Gasteiger partial charge in [0.15, 0.2) is 5.78 Å². The molecule has 0 aliphatic carbocycles. The Balaban J connectivity index is 2.45. The smallest absolute Gasteiger partial charge is 0.196 e. The number of hydrogen-bond donors (Lipinski definition) is 1. The number of anilines is 1. The van der Waals surface area contributed by atoms with Gasteiger partial charge < -0.3 is 5.32 Å². The summed E-state index contributed by atoms with van der Waals surface area (Å²) in [5, 5.41) is 3.52. The Kier molecular flexibility index (Phi) is 3.63. The summed E-state index contributed by atoms with van der Waals surface area (Å²) in [6, 6.07) is 8.78. The molecule has 0 spiro atoms. The molecule has 2 aromatic rings. The van der Waals surface area contributed by atoms with E-state index in [4.69, 9.17) is 11.6 Å². The molecule has 4 heteroatoms. The molecule has 2 rings (SSSR count). The van der Waals surface area contributed by atoms with Crippen LogP contribution in [0, 0.1) is 6.92 Å². The molecular weight excluding hydrogens is 248 g/mol. The Bertz CT molecular complexity index is 579. The zero-order valence-corrected chi connectivity index (χ0v) is 11.0. The average Bonchev–Trinajstić information content (AvgIpc) is 2.39. The number of hydrogen-bond acceptors (Lipinski definition) is 3. The van der Waals surface area contributed by atoms with Crippen LogP contribution in [0.1, 0.15) is 21.6 Å². The number of rotatable bonds is 3. The van der Waals surface area contributed by atoms with Crippen molar-refractivity contribution in [3.05, 3.63) is 58.4 Å². The highest BCUT2D eigenvalue weighted by Crippen LogP contribution is 2.23. The Labute approximate surface area is 111 Å². The van der Waals surface area contributed by atoms with Crippen molar-refractivity contribution in [2.24, 2.45) is 0 Å². The standard InChI is InChI=1S/C14H13ClN2O/c1-9-3-4-10(8-17-9)14(18)12-7-11(15)5-6-13(12)16-2/h3-8,16H,1-2H3. The van der Waals surface area contributed by atoms with E-state index in [1.165, 1.54) is 0 Å². The van der Waals surface area contributed by atoms with Gasteiger partial charge in [0, 0.05) is 40.8 Å². The second-order valence-corrected chi connectivity index (χ2v) is 4.39. The molecule has 1 aromatic carbocycles. The van der Waals surface area contributed by atoms with Gasteiger partial charge in [0.25, 0.3) is 0 Å². The fourth-order valence-electron chi connectivity index (χ4n) is 1.68. The van der Waals surface area contributed by atoms with Crippen molar-refractivity contribution in [3.63, 3.8) is 0 Å². The zero-order valence-electron chi connectivity index (χ0n) is 10.2. The van der Waals surface area contributed by atoms with E-state index in [2.05, 4.69) is 10.3 Å². The number of halogens is 1. The van der Waals surface area contributed by atoms with Crippen LogP contribution in [0.2, 0.25) is 5.02 Å². The lowest BCUT2D eigenvalue weighted by atomic mass is 10.0. The molecule has 0 atom stereocenters. The van der Waals surface area contributed by atoms with Gasteiger partial charge in [-0.3, -0.25) is 9.78 Å². The van der Waals surface area contributed by atoms with Crippen LogP contribution >= 0.6 is 11.6 Å². The van der Waals surface area contributed by atoms with Crippen LogP contribution in [0.15, 0.2) is 36.5 Å². The predicted octanol–water partition coefficient (Wildman–Crippen LogP) is 3.32. The number of pyridine rings is 1. The van der Waals surface area contributed by atoms with E-state index in [-0.39, 0.29) is 5.78 Å². The number of nitrogens with zero attached hydrogens (tertiary/aromatic N) is 1. The number of ketones is 1. The largest absolute Gasteiger partial charge is 0.388 e. The maximum absolute atomic E-state index is 12.4. The first kappa shape index (κ1) is 12.6. The van der Waals surface area contributed by atoms with Crippen molar-refractivity contribution < 1.29 is 4.79 Å². The highest BCUT2D eigenvalue weighted by atomic mass is 35.5. The summed E-state index contributed by atoms with van der Waals surface area (Å²) >= 11 is 5.93. The van der Waals surface area contributed by atoms with Crippen molar-refractivity contribution in [2.75, 3.05) is 12.4 Å². The molecule has 0 saturated carbocycles. The summed E-state index contributed by atoms with van der Waals surface area (Å²) in [5.41, 5.74) is 2.74. The van der Waals surface area contributed by atoms with E-state index in [0.717, 1.165) is 11.4 Å². The molecule has 3 nitrogen and oxygen atoms in total. The Morgan fingerprint density at radius 1 is 1.28 bits per heavy atom.